The Bertz CT molecular complexity index is 603. The van der Waals surface area contributed by atoms with Gasteiger partial charge < -0.3 is 0 Å². The van der Waals surface area contributed by atoms with E-state index in [1.165, 1.54) is 0 Å². The van der Waals surface area contributed by atoms with Crippen LogP contribution in [0.3, 0.4) is 0 Å². The van der Waals surface area contributed by atoms with Gasteiger partial charge in [0.2, 0.25) is 0 Å². The van der Waals surface area contributed by atoms with E-state index in [2.05, 4.69) is 0 Å². The van der Waals surface area contributed by atoms with Crippen molar-refractivity contribution in [2.45, 2.75) is 12.3 Å². The Morgan fingerprint density at radius 1 is 1.05 bits per heavy atom. The van der Waals surface area contributed by atoms with Gasteiger partial charge >= 0.3 is 0 Å². The van der Waals surface area contributed by atoms with E-state index in [0.29, 0.717) is 15.6 Å². The van der Waals surface area contributed by atoms with Gasteiger partial charge in [-0.25, -0.2) is 0 Å². The van der Waals surface area contributed by atoms with Crippen LogP contribution < -0.4 is 0 Å². The highest BCUT2D eigenvalue weighted by Crippen LogP contribution is 2.30. The Kier molecular flexibility index (Phi) is 4.51. The van der Waals surface area contributed by atoms with Crippen molar-refractivity contribution in [3.05, 3.63) is 58.1 Å². The molecule has 0 aromatic heterocycles. The maximum absolute atomic E-state index is 11.7. The summed E-state index contributed by atoms with van der Waals surface area (Å²) in [6.45, 7) is 1.66. The minimum Gasteiger partial charge on any atom is -0.293 e. The number of hydrogen-bond acceptors (Lipinski definition) is 1. The Hall–Kier alpha value is -1.02. The molecule has 0 aliphatic heterocycles. The van der Waals surface area contributed by atoms with Gasteiger partial charge in [0, 0.05) is 21.2 Å². The van der Waals surface area contributed by atoms with Gasteiger partial charge in [0.15, 0.2) is 5.78 Å². The van der Waals surface area contributed by atoms with Gasteiger partial charge in [-0.1, -0.05) is 53.5 Å². The molecule has 0 aliphatic rings. The van der Waals surface area contributed by atoms with Gasteiger partial charge in [0.1, 0.15) is 0 Å². The van der Waals surface area contributed by atoms with E-state index in [9.17, 15) is 4.79 Å². The van der Waals surface area contributed by atoms with Crippen molar-refractivity contribution in [2.75, 3.05) is 0 Å². The van der Waals surface area contributed by atoms with Gasteiger partial charge in [-0.3, -0.25) is 4.79 Å². The molecule has 2 rings (SSSR count). The summed E-state index contributed by atoms with van der Waals surface area (Å²) >= 11 is 17.8. The largest absolute Gasteiger partial charge is 0.293 e. The molecule has 0 N–H and O–H groups in total. The van der Waals surface area contributed by atoms with Crippen molar-refractivity contribution in [1.82, 2.24) is 0 Å². The van der Waals surface area contributed by atoms with Crippen molar-refractivity contribution in [3.63, 3.8) is 0 Å². The molecule has 0 saturated carbocycles. The van der Waals surface area contributed by atoms with Crippen LogP contribution in [-0.4, -0.2) is 11.2 Å². The van der Waals surface area contributed by atoms with Crippen LogP contribution in [0.2, 0.25) is 10.0 Å². The fraction of sp³-hybridized carbons (Fsp3) is 0.133. The molecule has 2 aromatic rings. The number of rotatable bonds is 3. The molecule has 0 fully saturated rings. The Morgan fingerprint density at radius 2 is 1.68 bits per heavy atom. The van der Waals surface area contributed by atoms with Crippen molar-refractivity contribution in [1.29, 1.82) is 0 Å². The van der Waals surface area contributed by atoms with E-state index in [1.54, 1.807) is 31.2 Å². The van der Waals surface area contributed by atoms with Crippen molar-refractivity contribution in [2.24, 2.45) is 0 Å². The predicted octanol–water partition coefficient (Wildman–Crippen LogP) is 5.47. The molecule has 1 unspecified atom stereocenters. The normalized spacial score (nSPS) is 12.2. The minimum atomic E-state index is -0.523. The van der Waals surface area contributed by atoms with E-state index in [1.807, 2.05) is 18.2 Å². The summed E-state index contributed by atoms with van der Waals surface area (Å²) in [4.78, 5) is 11.7. The molecule has 0 aliphatic carbocycles. The number of hydrogen-bond donors (Lipinski definition) is 0. The van der Waals surface area contributed by atoms with Gasteiger partial charge in [-0.2, -0.15) is 0 Å². The van der Waals surface area contributed by atoms with Crippen LogP contribution in [0.1, 0.15) is 17.3 Å². The van der Waals surface area contributed by atoms with Crippen LogP contribution in [0, 0.1) is 0 Å². The van der Waals surface area contributed by atoms with Crippen molar-refractivity contribution >= 4 is 40.6 Å². The number of ketones is 1. The lowest BCUT2D eigenvalue weighted by Gasteiger charge is -2.07. The molecule has 0 radical (unpaired) electrons. The van der Waals surface area contributed by atoms with E-state index in [4.69, 9.17) is 34.8 Å². The predicted molar refractivity (Wildman–Crippen MR) is 81.5 cm³/mol. The highest BCUT2D eigenvalue weighted by Gasteiger charge is 2.12. The molecule has 0 saturated heterocycles. The Morgan fingerprint density at radius 3 is 2.21 bits per heavy atom. The van der Waals surface area contributed by atoms with Crippen LogP contribution in [-0.2, 0) is 0 Å². The van der Waals surface area contributed by atoms with Gasteiger partial charge in [0.05, 0.1) is 5.38 Å². The summed E-state index contributed by atoms with van der Waals surface area (Å²) in [7, 11) is 0. The second-order valence-corrected chi connectivity index (χ2v) is 5.68. The smallest absolute Gasteiger partial charge is 0.180 e. The molecule has 0 amide bonds. The first-order chi connectivity index (χ1) is 8.99. The van der Waals surface area contributed by atoms with Crippen LogP contribution in [0.25, 0.3) is 11.1 Å². The minimum absolute atomic E-state index is 0.0876. The first-order valence-corrected chi connectivity index (χ1v) is 6.92. The molecule has 19 heavy (non-hydrogen) atoms. The molecular weight excluding hydrogens is 303 g/mol. The zero-order valence-electron chi connectivity index (χ0n) is 10.2. The average Bonchev–Trinajstić information content (AvgIpc) is 2.38. The van der Waals surface area contributed by atoms with Crippen LogP contribution >= 0.6 is 34.8 Å². The number of alkyl halides is 1. The fourth-order valence-corrected chi connectivity index (χ4v) is 2.41. The summed E-state index contributed by atoms with van der Waals surface area (Å²) in [5, 5.41) is 0.652. The third-order valence-corrected chi connectivity index (χ3v) is 3.52. The van der Waals surface area contributed by atoms with Crippen molar-refractivity contribution < 1.29 is 4.79 Å². The van der Waals surface area contributed by atoms with Gasteiger partial charge in [0.25, 0.3) is 0 Å². The zero-order chi connectivity index (χ0) is 14.0. The second-order valence-electron chi connectivity index (χ2n) is 4.18. The molecule has 4 heteroatoms. The van der Waals surface area contributed by atoms with E-state index >= 15 is 0 Å². The highest BCUT2D eigenvalue weighted by molar-refractivity contribution is 6.36. The standard InChI is InChI=1S/C15H11Cl3O/c1-9(16)15(19)11-4-2-10(3-5-11)13-7-6-12(17)8-14(13)18/h2-9H,1H3. The molecule has 98 valence electrons. The lowest BCUT2D eigenvalue weighted by Crippen LogP contribution is -2.09. The lowest BCUT2D eigenvalue weighted by atomic mass is 10.0. The number of carbonyl (C=O) groups is 1. The van der Waals surface area contributed by atoms with E-state index < -0.39 is 5.38 Å². The number of halogens is 3. The maximum Gasteiger partial charge on any atom is 0.180 e. The lowest BCUT2D eigenvalue weighted by molar-refractivity contribution is 0.0992. The van der Waals surface area contributed by atoms with E-state index in [0.717, 1.165) is 11.1 Å². The molecular formula is C15H11Cl3O. The molecule has 0 spiro atoms. The zero-order valence-corrected chi connectivity index (χ0v) is 12.4. The molecule has 2 aromatic carbocycles. The van der Waals surface area contributed by atoms with Gasteiger partial charge in [-0.15, -0.1) is 11.6 Å². The first kappa shape index (κ1) is 14.4. The van der Waals surface area contributed by atoms with Crippen LogP contribution in [0.5, 0.6) is 0 Å². The van der Waals surface area contributed by atoms with Crippen molar-refractivity contribution in [3.8, 4) is 11.1 Å². The molecule has 0 heterocycles. The second kappa shape index (κ2) is 5.96. The van der Waals surface area contributed by atoms with Crippen LogP contribution in [0.15, 0.2) is 42.5 Å². The highest BCUT2D eigenvalue weighted by atomic mass is 35.5. The summed E-state index contributed by atoms with van der Waals surface area (Å²) in [6.07, 6.45) is 0. The monoisotopic (exact) mass is 312 g/mol. The number of benzene rings is 2. The fourth-order valence-electron chi connectivity index (χ4n) is 1.77. The first-order valence-electron chi connectivity index (χ1n) is 5.73. The number of carbonyl (C=O) groups excluding carboxylic acids is 1. The summed E-state index contributed by atoms with van der Waals surface area (Å²) in [6, 6.07) is 12.5. The average molecular weight is 314 g/mol. The molecule has 1 nitrogen and oxygen atoms in total. The quantitative estimate of drug-likeness (QED) is 0.542. The van der Waals surface area contributed by atoms with Crippen LogP contribution in [0.4, 0.5) is 0 Å². The summed E-state index contributed by atoms with van der Waals surface area (Å²) in [5.74, 6) is -0.0876. The SMILES string of the molecule is CC(Cl)C(=O)c1ccc(-c2ccc(Cl)cc2Cl)cc1. The number of Topliss-reactive ketones (excluding diaryl/α,β-unsaturated/α-hetero) is 1. The molecule has 0 bridgehead atoms. The third kappa shape index (κ3) is 3.30. The topological polar surface area (TPSA) is 17.1 Å². The maximum atomic E-state index is 11.7. The summed E-state index contributed by atoms with van der Waals surface area (Å²) in [5.41, 5.74) is 2.40. The Balaban J connectivity index is 2.35. The van der Waals surface area contributed by atoms with E-state index in [-0.39, 0.29) is 5.78 Å². The summed E-state index contributed by atoms with van der Waals surface area (Å²) < 4.78 is 0. The molecule has 1 atom stereocenters. The third-order valence-electron chi connectivity index (χ3n) is 2.77. The Labute approximate surface area is 127 Å². The van der Waals surface area contributed by atoms with Gasteiger partial charge in [-0.05, 0) is 24.6 Å².